The fourth-order valence-corrected chi connectivity index (χ4v) is 3.01. The molecule has 2 heterocycles. The van der Waals surface area contributed by atoms with Crippen LogP contribution in [0.1, 0.15) is 49.2 Å². The van der Waals surface area contributed by atoms with Gasteiger partial charge in [-0.25, -0.2) is 0 Å². The maximum absolute atomic E-state index is 13.1. The van der Waals surface area contributed by atoms with E-state index in [1.807, 2.05) is 51.1 Å². The molecule has 2 aromatic rings. The molecule has 0 unspecified atom stereocenters. The minimum absolute atomic E-state index is 0.0328. The molecule has 1 atom stereocenters. The van der Waals surface area contributed by atoms with Gasteiger partial charge in [0.05, 0.1) is 29.8 Å². The highest BCUT2D eigenvalue weighted by molar-refractivity contribution is 5.94. The summed E-state index contributed by atoms with van der Waals surface area (Å²) in [6.07, 6.45) is 3.66. The Morgan fingerprint density at radius 2 is 1.96 bits per heavy atom. The third-order valence-electron chi connectivity index (χ3n) is 4.39. The van der Waals surface area contributed by atoms with E-state index in [1.165, 1.54) is 0 Å². The van der Waals surface area contributed by atoms with Gasteiger partial charge in [0.25, 0.3) is 5.91 Å². The molecule has 1 fully saturated rings. The number of nitrogens with one attached hydrogen (secondary N) is 1. The Morgan fingerprint density at radius 1 is 1.24 bits per heavy atom. The standard InChI is InChI=1S/C19H24N4O2/c1-19(2,3)23-13-15(12-21-23)18(25)22-10-9-20-17(24)11-16(22)14-7-5-4-6-8-14/h4-8,12-13,16H,9-11H2,1-3H3,(H,20,24)/t16-/m1/s1. The number of carbonyl (C=O) groups is 2. The summed E-state index contributed by atoms with van der Waals surface area (Å²) in [5.41, 5.74) is 1.33. The highest BCUT2D eigenvalue weighted by Gasteiger charge is 2.31. The van der Waals surface area contributed by atoms with Crippen LogP contribution in [0, 0.1) is 0 Å². The largest absolute Gasteiger partial charge is 0.354 e. The van der Waals surface area contributed by atoms with Crippen molar-refractivity contribution in [3.05, 3.63) is 53.9 Å². The second kappa shape index (κ2) is 6.70. The van der Waals surface area contributed by atoms with E-state index < -0.39 is 0 Å². The monoisotopic (exact) mass is 340 g/mol. The van der Waals surface area contributed by atoms with Gasteiger partial charge in [-0.05, 0) is 26.3 Å². The van der Waals surface area contributed by atoms with Crippen molar-refractivity contribution in [2.45, 2.75) is 38.8 Å². The molecule has 3 rings (SSSR count). The smallest absolute Gasteiger partial charge is 0.257 e. The Kier molecular flexibility index (Phi) is 4.61. The number of hydrogen-bond acceptors (Lipinski definition) is 3. The van der Waals surface area contributed by atoms with Crippen LogP contribution in [-0.4, -0.2) is 39.6 Å². The predicted molar refractivity (Wildman–Crippen MR) is 95.1 cm³/mol. The Morgan fingerprint density at radius 3 is 2.60 bits per heavy atom. The minimum Gasteiger partial charge on any atom is -0.354 e. The molecule has 0 aliphatic carbocycles. The fourth-order valence-electron chi connectivity index (χ4n) is 3.01. The van der Waals surface area contributed by atoms with Gasteiger partial charge in [0.15, 0.2) is 0 Å². The van der Waals surface area contributed by atoms with Crippen LogP contribution in [-0.2, 0) is 10.3 Å². The molecule has 1 saturated heterocycles. The summed E-state index contributed by atoms with van der Waals surface area (Å²) in [7, 11) is 0. The van der Waals surface area contributed by atoms with Crippen molar-refractivity contribution in [1.29, 1.82) is 0 Å². The lowest BCUT2D eigenvalue weighted by atomic mass is 10.0. The Hall–Kier alpha value is -2.63. The lowest BCUT2D eigenvalue weighted by Gasteiger charge is -2.29. The summed E-state index contributed by atoms with van der Waals surface area (Å²) in [6.45, 7) is 7.05. The van der Waals surface area contributed by atoms with Crippen molar-refractivity contribution in [2.24, 2.45) is 0 Å². The van der Waals surface area contributed by atoms with E-state index in [0.29, 0.717) is 18.7 Å². The first-order valence-corrected chi connectivity index (χ1v) is 8.54. The second-order valence-electron chi connectivity index (χ2n) is 7.32. The average molecular weight is 340 g/mol. The first-order chi connectivity index (χ1) is 11.9. The molecular weight excluding hydrogens is 316 g/mol. The molecule has 1 aliphatic heterocycles. The summed E-state index contributed by atoms with van der Waals surface area (Å²) in [6, 6.07) is 9.44. The van der Waals surface area contributed by atoms with Gasteiger partial charge in [-0.2, -0.15) is 5.10 Å². The van der Waals surface area contributed by atoms with E-state index in [1.54, 1.807) is 22.0 Å². The van der Waals surface area contributed by atoms with Crippen molar-refractivity contribution in [3.63, 3.8) is 0 Å². The quantitative estimate of drug-likeness (QED) is 0.912. The maximum Gasteiger partial charge on any atom is 0.257 e. The first-order valence-electron chi connectivity index (χ1n) is 8.54. The van der Waals surface area contributed by atoms with Crippen LogP contribution in [0.5, 0.6) is 0 Å². The van der Waals surface area contributed by atoms with Crippen LogP contribution in [0.15, 0.2) is 42.7 Å². The highest BCUT2D eigenvalue weighted by atomic mass is 16.2. The number of carbonyl (C=O) groups excluding carboxylic acids is 2. The van der Waals surface area contributed by atoms with Crippen LogP contribution in [0.25, 0.3) is 0 Å². The van der Waals surface area contributed by atoms with Crippen LogP contribution in [0.4, 0.5) is 0 Å². The van der Waals surface area contributed by atoms with Crippen LogP contribution >= 0.6 is 0 Å². The molecule has 0 saturated carbocycles. The number of aromatic nitrogens is 2. The molecule has 1 aromatic heterocycles. The Balaban J connectivity index is 1.92. The lowest BCUT2D eigenvalue weighted by Crippen LogP contribution is -2.36. The van der Waals surface area contributed by atoms with E-state index >= 15 is 0 Å². The summed E-state index contributed by atoms with van der Waals surface area (Å²) in [5, 5.41) is 7.18. The van der Waals surface area contributed by atoms with E-state index in [9.17, 15) is 9.59 Å². The van der Waals surface area contributed by atoms with E-state index in [0.717, 1.165) is 5.56 Å². The molecule has 0 radical (unpaired) electrons. The van der Waals surface area contributed by atoms with Gasteiger partial charge in [0.2, 0.25) is 5.91 Å². The Labute approximate surface area is 147 Å². The summed E-state index contributed by atoms with van der Waals surface area (Å²) in [4.78, 5) is 26.9. The van der Waals surface area contributed by atoms with Crippen molar-refractivity contribution in [3.8, 4) is 0 Å². The van der Waals surface area contributed by atoms with E-state index in [4.69, 9.17) is 0 Å². The van der Waals surface area contributed by atoms with Gasteiger partial charge in [0.1, 0.15) is 0 Å². The molecule has 0 spiro atoms. The van der Waals surface area contributed by atoms with Crippen molar-refractivity contribution < 1.29 is 9.59 Å². The van der Waals surface area contributed by atoms with Crippen molar-refractivity contribution in [1.82, 2.24) is 20.0 Å². The van der Waals surface area contributed by atoms with Crippen LogP contribution in [0.2, 0.25) is 0 Å². The predicted octanol–water partition coefficient (Wildman–Crippen LogP) is 2.34. The number of benzene rings is 1. The maximum atomic E-state index is 13.1. The van der Waals surface area contributed by atoms with Gasteiger partial charge >= 0.3 is 0 Å². The van der Waals surface area contributed by atoms with Gasteiger partial charge < -0.3 is 10.2 Å². The zero-order valence-corrected chi connectivity index (χ0v) is 14.9. The normalized spacial score (nSPS) is 18.6. The zero-order chi connectivity index (χ0) is 18.0. The van der Waals surface area contributed by atoms with Gasteiger partial charge in [-0.15, -0.1) is 0 Å². The number of amides is 2. The van der Waals surface area contributed by atoms with E-state index in [-0.39, 0.29) is 29.8 Å². The number of hydrogen-bond donors (Lipinski definition) is 1. The van der Waals surface area contributed by atoms with Gasteiger partial charge in [-0.3, -0.25) is 14.3 Å². The molecule has 1 aliphatic rings. The molecule has 1 N–H and O–H groups in total. The molecule has 0 bridgehead atoms. The average Bonchev–Trinajstić information content (AvgIpc) is 3.00. The van der Waals surface area contributed by atoms with E-state index in [2.05, 4.69) is 10.4 Å². The Bertz CT molecular complexity index is 761. The van der Waals surface area contributed by atoms with Gasteiger partial charge in [-0.1, -0.05) is 30.3 Å². The second-order valence-corrected chi connectivity index (χ2v) is 7.32. The zero-order valence-electron chi connectivity index (χ0n) is 14.9. The summed E-state index contributed by atoms with van der Waals surface area (Å²) < 4.78 is 1.79. The number of rotatable bonds is 2. The lowest BCUT2D eigenvalue weighted by molar-refractivity contribution is -0.121. The summed E-state index contributed by atoms with van der Waals surface area (Å²) in [5.74, 6) is -0.129. The molecule has 2 amide bonds. The van der Waals surface area contributed by atoms with Crippen molar-refractivity contribution in [2.75, 3.05) is 13.1 Å². The molecule has 25 heavy (non-hydrogen) atoms. The molecule has 132 valence electrons. The molecule has 6 heteroatoms. The van der Waals surface area contributed by atoms with Crippen molar-refractivity contribution >= 4 is 11.8 Å². The van der Waals surface area contributed by atoms with Crippen LogP contribution < -0.4 is 5.32 Å². The topological polar surface area (TPSA) is 67.2 Å². The molecule has 1 aromatic carbocycles. The molecule has 6 nitrogen and oxygen atoms in total. The number of nitrogens with zero attached hydrogens (tertiary/aromatic N) is 3. The fraction of sp³-hybridized carbons (Fsp3) is 0.421. The third kappa shape index (κ3) is 3.73. The van der Waals surface area contributed by atoms with Gasteiger partial charge in [0, 0.05) is 19.3 Å². The summed E-state index contributed by atoms with van der Waals surface area (Å²) >= 11 is 0. The molecular formula is C19H24N4O2. The van der Waals surface area contributed by atoms with Crippen LogP contribution in [0.3, 0.4) is 0 Å². The third-order valence-corrected chi connectivity index (χ3v) is 4.39. The minimum atomic E-state index is -0.269. The highest BCUT2D eigenvalue weighted by Crippen LogP contribution is 2.27. The SMILES string of the molecule is CC(C)(C)n1cc(C(=O)N2CCNC(=O)C[C@@H]2c2ccccc2)cn1. The first kappa shape index (κ1) is 17.2.